The van der Waals surface area contributed by atoms with Crippen LogP contribution in [0.2, 0.25) is 5.02 Å². The number of amides is 1. The second kappa shape index (κ2) is 9.43. The molecule has 0 spiro atoms. The molecule has 1 saturated heterocycles. The molecule has 0 bridgehead atoms. The summed E-state index contributed by atoms with van der Waals surface area (Å²) in [6, 6.07) is 4.98. The Bertz CT molecular complexity index is 1020. The quantitative estimate of drug-likeness (QED) is 0.641. The highest BCUT2D eigenvalue weighted by Gasteiger charge is 2.31. The Balaban J connectivity index is 1.65. The van der Waals surface area contributed by atoms with Crippen molar-refractivity contribution in [3.63, 3.8) is 0 Å². The van der Waals surface area contributed by atoms with E-state index in [9.17, 15) is 22.4 Å². The van der Waals surface area contributed by atoms with Gasteiger partial charge in [-0.1, -0.05) is 11.6 Å². The predicted octanol–water partition coefficient (Wildman–Crippen LogP) is 3.07. The summed E-state index contributed by atoms with van der Waals surface area (Å²) in [4.78, 5) is 24.1. The van der Waals surface area contributed by atoms with Gasteiger partial charge in [-0.25, -0.2) is 17.6 Å². The Labute approximate surface area is 180 Å². The van der Waals surface area contributed by atoms with Crippen LogP contribution in [0.4, 0.5) is 10.1 Å². The zero-order valence-electron chi connectivity index (χ0n) is 14.9. The smallest absolute Gasteiger partial charge is 0.350 e. The van der Waals surface area contributed by atoms with E-state index in [-0.39, 0.29) is 20.5 Å². The van der Waals surface area contributed by atoms with Crippen molar-refractivity contribution in [2.24, 2.45) is 0 Å². The summed E-state index contributed by atoms with van der Waals surface area (Å²) < 4.78 is 45.5. The number of nitrogens with zero attached hydrogens (tertiary/aromatic N) is 1. The molecule has 156 valence electrons. The maximum absolute atomic E-state index is 13.7. The molecule has 2 aromatic rings. The van der Waals surface area contributed by atoms with E-state index in [1.165, 1.54) is 27.9 Å². The average Bonchev–Trinajstić information content (AvgIpc) is 3.20. The van der Waals surface area contributed by atoms with Crippen molar-refractivity contribution in [3.8, 4) is 0 Å². The number of nitrogens with one attached hydrogen (secondary N) is 1. The van der Waals surface area contributed by atoms with Crippen LogP contribution in [0.5, 0.6) is 0 Å². The molecule has 0 saturated carbocycles. The summed E-state index contributed by atoms with van der Waals surface area (Å²) in [6.45, 7) is 0.0262. The lowest BCUT2D eigenvalue weighted by Crippen LogP contribution is -2.38. The Morgan fingerprint density at radius 2 is 1.97 bits per heavy atom. The van der Waals surface area contributed by atoms with Crippen molar-refractivity contribution in [1.82, 2.24) is 4.31 Å². The number of carbonyl (C=O) groups is 2. The average molecular weight is 479 g/mol. The third-order valence-electron chi connectivity index (χ3n) is 3.94. The fourth-order valence-corrected chi connectivity index (χ4v) is 6.58. The summed E-state index contributed by atoms with van der Waals surface area (Å²) in [5.41, 5.74) is -0.152. The van der Waals surface area contributed by atoms with Gasteiger partial charge in [0.05, 0.1) is 5.69 Å². The molecule has 7 nitrogen and oxygen atoms in total. The number of hydrogen-bond donors (Lipinski definition) is 1. The van der Waals surface area contributed by atoms with E-state index in [1.54, 1.807) is 11.8 Å². The van der Waals surface area contributed by atoms with Crippen molar-refractivity contribution in [2.45, 2.75) is 4.90 Å². The first-order valence-electron chi connectivity index (χ1n) is 8.36. The largest absolute Gasteiger partial charge is 0.451 e. The van der Waals surface area contributed by atoms with Gasteiger partial charge in [0.25, 0.3) is 5.91 Å². The van der Waals surface area contributed by atoms with Crippen molar-refractivity contribution in [1.29, 1.82) is 0 Å². The van der Waals surface area contributed by atoms with Gasteiger partial charge in [-0.2, -0.15) is 16.1 Å². The van der Waals surface area contributed by atoms with E-state index in [4.69, 9.17) is 16.3 Å². The maximum Gasteiger partial charge on any atom is 0.350 e. The normalized spacial score (nSPS) is 15.1. The Hall–Kier alpha value is -1.66. The van der Waals surface area contributed by atoms with Crippen molar-refractivity contribution in [3.05, 3.63) is 45.4 Å². The lowest BCUT2D eigenvalue weighted by atomic mass is 10.3. The number of benzene rings is 1. The lowest BCUT2D eigenvalue weighted by Gasteiger charge is -2.25. The van der Waals surface area contributed by atoms with Gasteiger partial charge in [0, 0.05) is 29.6 Å². The molecular formula is C17H16ClFN2O5S3. The van der Waals surface area contributed by atoms with Gasteiger partial charge in [0.15, 0.2) is 6.61 Å². The van der Waals surface area contributed by atoms with E-state index < -0.39 is 34.3 Å². The number of halogens is 2. The van der Waals surface area contributed by atoms with Gasteiger partial charge in [0.2, 0.25) is 10.0 Å². The Morgan fingerprint density at radius 1 is 1.24 bits per heavy atom. The van der Waals surface area contributed by atoms with Crippen molar-refractivity contribution >= 4 is 62.3 Å². The van der Waals surface area contributed by atoms with Gasteiger partial charge >= 0.3 is 5.97 Å². The molecule has 1 aliphatic rings. The fraction of sp³-hybridized carbons (Fsp3) is 0.294. The van der Waals surface area contributed by atoms with Crippen LogP contribution in [0.25, 0.3) is 0 Å². The van der Waals surface area contributed by atoms with Gasteiger partial charge < -0.3 is 10.1 Å². The molecule has 1 aliphatic heterocycles. The molecule has 0 aliphatic carbocycles. The number of thioether (sulfide) groups is 1. The molecule has 1 aromatic carbocycles. The lowest BCUT2D eigenvalue weighted by molar-refractivity contribution is -0.119. The van der Waals surface area contributed by atoms with Gasteiger partial charge in [-0.3, -0.25) is 4.79 Å². The molecule has 1 N–H and O–H groups in total. The number of hydrogen-bond acceptors (Lipinski definition) is 7. The first kappa shape index (κ1) is 22.0. The second-order valence-corrected chi connectivity index (χ2v) is 10.4. The standard InChI is InChI=1S/C17H16ClFN2O5S3/c18-11-1-2-12(19)13(9-11)20-15(22)10-26-17(23)16-14(3-6-28-16)29(24,25)21-4-7-27-8-5-21/h1-3,6,9H,4-5,7-8,10H2,(H,20,22). The first-order valence-corrected chi connectivity index (χ1v) is 12.2. The van der Waals surface area contributed by atoms with Crippen LogP contribution < -0.4 is 5.32 Å². The summed E-state index contributed by atoms with van der Waals surface area (Å²) in [5.74, 6) is -1.05. The van der Waals surface area contributed by atoms with Crippen LogP contribution in [0.15, 0.2) is 34.5 Å². The van der Waals surface area contributed by atoms with Gasteiger partial charge in [-0.15, -0.1) is 11.3 Å². The molecule has 3 rings (SSSR count). The topological polar surface area (TPSA) is 92.8 Å². The fourth-order valence-electron chi connectivity index (χ4n) is 2.55. The summed E-state index contributed by atoms with van der Waals surface area (Å²) in [6.07, 6.45) is 0. The minimum Gasteiger partial charge on any atom is -0.451 e. The number of carbonyl (C=O) groups excluding carboxylic acids is 2. The molecule has 1 amide bonds. The molecule has 0 atom stereocenters. The number of ether oxygens (including phenoxy) is 1. The number of rotatable bonds is 6. The molecule has 0 unspecified atom stereocenters. The number of esters is 1. The van der Waals surface area contributed by atoms with Gasteiger partial charge in [-0.05, 0) is 29.6 Å². The zero-order chi connectivity index (χ0) is 21.0. The minimum atomic E-state index is -3.83. The van der Waals surface area contributed by atoms with Crippen LogP contribution in [0.1, 0.15) is 9.67 Å². The molecule has 12 heteroatoms. The third-order valence-corrected chi connectivity index (χ3v) is 8.08. The summed E-state index contributed by atoms with van der Waals surface area (Å²) in [7, 11) is -3.83. The van der Waals surface area contributed by atoms with Crippen LogP contribution in [0.3, 0.4) is 0 Å². The number of sulfonamides is 1. The highest BCUT2D eigenvalue weighted by atomic mass is 35.5. The van der Waals surface area contributed by atoms with Gasteiger partial charge in [0.1, 0.15) is 15.6 Å². The van der Waals surface area contributed by atoms with Crippen LogP contribution in [-0.2, 0) is 19.6 Å². The highest BCUT2D eigenvalue weighted by Crippen LogP contribution is 2.27. The molecule has 2 heterocycles. The molecule has 29 heavy (non-hydrogen) atoms. The first-order chi connectivity index (χ1) is 13.8. The molecule has 0 radical (unpaired) electrons. The van der Waals surface area contributed by atoms with E-state index in [0.29, 0.717) is 24.6 Å². The van der Waals surface area contributed by atoms with E-state index in [1.807, 2.05) is 0 Å². The van der Waals surface area contributed by atoms with E-state index in [2.05, 4.69) is 5.32 Å². The molecule has 1 aromatic heterocycles. The van der Waals surface area contributed by atoms with E-state index >= 15 is 0 Å². The Kier molecular flexibility index (Phi) is 7.17. The van der Waals surface area contributed by atoms with E-state index in [0.717, 1.165) is 17.4 Å². The molecular weight excluding hydrogens is 463 g/mol. The van der Waals surface area contributed by atoms with Crippen molar-refractivity contribution < 1.29 is 27.1 Å². The van der Waals surface area contributed by atoms with Crippen LogP contribution in [-0.4, -0.2) is 55.8 Å². The SMILES string of the molecule is O=C(COC(=O)c1sccc1S(=O)(=O)N1CCSCC1)Nc1cc(Cl)ccc1F. The van der Waals surface area contributed by atoms with Crippen molar-refractivity contribution in [2.75, 3.05) is 36.5 Å². The second-order valence-electron chi connectivity index (χ2n) is 5.88. The highest BCUT2D eigenvalue weighted by molar-refractivity contribution is 7.99. The number of thiophene rings is 1. The number of anilines is 1. The van der Waals surface area contributed by atoms with Crippen LogP contribution >= 0.6 is 34.7 Å². The third kappa shape index (κ3) is 5.28. The summed E-state index contributed by atoms with van der Waals surface area (Å²) in [5, 5.41) is 3.95. The minimum absolute atomic E-state index is 0.107. The monoisotopic (exact) mass is 478 g/mol. The summed E-state index contributed by atoms with van der Waals surface area (Å²) >= 11 is 8.33. The Morgan fingerprint density at radius 3 is 2.69 bits per heavy atom. The maximum atomic E-state index is 13.7. The molecule has 1 fully saturated rings. The van der Waals surface area contributed by atoms with Crippen LogP contribution in [0, 0.1) is 5.82 Å². The zero-order valence-corrected chi connectivity index (χ0v) is 18.1. The predicted molar refractivity (Wildman–Crippen MR) is 111 cm³/mol.